The minimum absolute atomic E-state index is 0. The molecule has 1 rings (SSSR count). The number of hydrogen-bond donors (Lipinski definition) is 1. The number of nitrogens with one attached hydrogen (secondary N) is 1. The molecule has 0 aliphatic heterocycles. The zero-order valence-corrected chi connectivity index (χ0v) is 19.4. The summed E-state index contributed by atoms with van der Waals surface area (Å²) in [7, 11) is 2.27. The van der Waals surface area contributed by atoms with Crippen LogP contribution in [0.3, 0.4) is 0 Å². The third kappa shape index (κ3) is 7.32. The zero-order chi connectivity index (χ0) is 18.3. The average Bonchev–Trinajstić information content (AvgIpc) is 2.82. The first-order chi connectivity index (χ1) is 11.2. The second-order valence-electron chi connectivity index (χ2n) is 5.49. The van der Waals surface area contributed by atoms with Gasteiger partial charge in [0.25, 0.3) is 0 Å². The molecule has 0 aromatic carbocycles. The van der Waals surface area contributed by atoms with Crippen molar-refractivity contribution in [2.75, 3.05) is 39.5 Å². The van der Waals surface area contributed by atoms with Crippen LogP contribution in [0.25, 0.3) is 0 Å². The van der Waals surface area contributed by atoms with E-state index < -0.39 is 10.0 Å². The van der Waals surface area contributed by atoms with Gasteiger partial charge in [-0.15, -0.1) is 24.0 Å². The highest BCUT2D eigenvalue weighted by atomic mass is 127. The molecule has 1 heterocycles. The maximum absolute atomic E-state index is 12.2. The van der Waals surface area contributed by atoms with Crippen molar-refractivity contribution in [3.63, 3.8) is 0 Å². The van der Waals surface area contributed by atoms with Gasteiger partial charge in [0.15, 0.2) is 5.96 Å². The summed E-state index contributed by atoms with van der Waals surface area (Å²) in [6, 6.07) is 1.90. The third-order valence-electron chi connectivity index (χ3n) is 3.79. The number of sulfonamides is 1. The van der Waals surface area contributed by atoms with E-state index in [2.05, 4.69) is 10.3 Å². The average molecular weight is 506 g/mol. The fraction of sp³-hybridized carbons (Fsp3) is 0.667. The second-order valence-corrected chi connectivity index (χ2v) is 8.02. The summed E-state index contributed by atoms with van der Waals surface area (Å²) in [6.45, 7) is 5.58. The highest BCUT2D eigenvalue weighted by molar-refractivity contribution is 14.0. The van der Waals surface area contributed by atoms with Crippen molar-refractivity contribution in [1.82, 2.24) is 19.1 Å². The Morgan fingerprint density at radius 1 is 1.36 bits per heavy atom. The van der Waals surface area contributed by atoms with E-state index in [0.29, 0.717) is 37.2 Å². The van der Waals surface area contributed by atoms with Crippen molar-refractivity contribution in [3.8, 4) is 0 Å². The predicted octanol–water partition coefficient (Wildman–Crippen LogP) is 1.98. The monoisotopic (exact) mass is 505 g/mol. The molecule has 146 valence electrons. The van der Waals surface area contributed by atoms with Gasteiger partial charge in [0.05, 0.1) is 17.3 Å². The number of halogens is 2. The highest BCUT2D eigenvalue weighted by Gasteiger charge is 2.18. The zero-order valence-electron chi connectivity index (χ0n) is 15.5. The standard InChI is InChI=1S/C15H28ClN5O2S.HI/c1-6-21(7-2)24(22,23)9-8-18-15(17-3)20(5)12-14-10-13(16)11-19(14)4;/h10-11H,6-9,12H2,1-5H3,(H,17,18);1H. The van der Waals surface area contributed by atoms with E-state index >= 15 is 0 Å². The minimum Gasteiger partial charge on any atom is -0.355 e. The molecule has 0 bridgehead atoms. The van der Waals surface area contributed by atoms with Crippen molar-refractivity contribution >= 4 is 51.6 Å². The predicted molar refractivity (Wildman–Crippen MR) is 115 cm³/mol. The molecule has 10 heteroatoms. The van der Waals surface area contributed by atoms with Gasteiger partial charge in [0, 0.05) is 52.7 Å². The third-order valence-corrected chi connectivity index (χ3v) is 6.02. The van der Waals surface area contributed by atoms with Crippen molar-refractivity contribution in [2.45, 2.75) is 20.4 Å². The van der Waals surface area contributed by atoms with Gasteiger partial charge in [-0.05, 0) is 6.07 Å². The molecule has 0 spiro atoms. The summed E-state index contributed by atoms with van der Waals surface area (Å²) in [5.74, 6) is 0.680. The van der Waals surface area contributed by atoms with E-state index in [4.69, 9.17) is 11.6 Å². The van der Waals surface area contributed by atoms with E-state index in [9.17, 15) is 8.42 Å². The Kier molecular flexibility index (Phi) is 11.0. The van der Waals surface area contributed by atoms with Crippen molar-refractivity contribution in [3.05, 3.63) is 23.0 Å². The Labute approximate surface area is 173 Å². The molecule has 0 saturated carbocycles. The van der Waals surface area contributed by atoms with Gasteiger partial charge >= 0.3 is 0 Å². The fourth-order valence-electron chi connectivity index (χ4n) is 2.46. The summed E-state index contributed by atoms with van der Waals surface area (Å²) in [6.07, 6.45) is 1.84. The van der Waals surface area contributed by atoms with Crippen LogP contribution in [0.15, 0.2) is 17.3 Å². The Balaban J connectivity index is 0.00000576. The molecule has 0 aliphatic rings. The van der Waals surface area contributed by atoms with Crippen LogP contribution in [0.4, 0.5) is 0 Å². The normalized spacial score (nSPS) is 12.2. The molecule has 0 fully saturated rings. The summed E-state index contributed by atoms with van der Waals surface area (Å²) in [4.78, 5) is 6.13. The first-order valence-corrected chi connectivity index (χ1v) is 9.94. The molecule has 0 radical (unpaired) electrons. The Bertz CT molecular complexity index is 659. The van der Waals surface area contributed by atoms with Crippen LogP contribution in [0.5, 0.6) is 0 Å². The molecule has 1 aromatic heterocycles. The Hall–Kier alpha value is -0.520. The van der Waals surface area contributed by atoms with Crippen molar-refractivity contribution < 1.29 is 8.42 Å². The van der Waals surface area contributed by atoms with E-state index in [1.165, 1.54) is 4.31 Å². The van der Waals surface area contributed by atoms with Crippen LogP contribution in [-0.2, 0) is 23.6 Å². The summed E-state index contributed by atoms with van der Waals surface area (Å²) >= 11 is 6.00. The lowest BCUT2D eigenvalue weighted by Crippen LogP contribution is -2.42. The molecular weight excluding hydrogens is 477 g/mol. The number of aryl methyl sites for hydroxylation is 1. The number of rotatable bonds is 8. The van der Waals surface area contributed by atoms with Gasteiger partial charge < -0.3 is 14.8 Å². The maximum atomic E-state index is 12.2. The van der Waals surface area contributed by atoms with Crippen LogP contribution in [0.2, 0.25) is 5.02 Å². The number of aliphatic imine (C=N–C) groups is 1. The highest BCUT2D eigenvalue weighted by Crippen LogP contribution is 2.14. The van der Waals surface area contributed by atoms with Crippen LogP contribution in [0.1, 0.15) is 19.5 Å². The first kappa shape index (κ1) is 24.5. The van der Waals surface area contributed by atoms with Crippen LogP contribution in [-0.4, -0.2) is 67.6 Å². The van der Waals surface area contributed by atoms with Crippen LogP contribution < -0.4 is 5.32 Å². The van der Waals surface area contributed by atoms with Gasteiger partial charge in [0.1, 0.15) is 0 Å². The Morgan fingerprint density at radius 2 is 1.96 bits per heavy atom. The maximum Gasteiger partial charge on any atom is 0.215 e. The molecule has 1 aromatic rings. The summed E-state index contributed by atoms with van der Waals surface area (Å²) < 4.78 is 27.8. The molecule has 0 atom stereocenters. The lowest BCUT2D eigenvalue weighted by atomic mass is 10.4. The molecule has 1 N–H and O–H groups in total. The summed E-state index contributed by atoms with van der Waals surface area (Å²) in [5, 5.41) is 3.79. The van der Waals surface area contributed by atoms with Gasteiger partial charge in [-0.3, -0.25) is 4.99 Å². The molecule has 0 unspecified atom stereocenters. The SMILES string of the molecule is CCN(CC)S(=O)(=O)CCNC(=NC)N(C)Cc1cc(Cl)cn1C.I. The lowest BCUT2D eigenvalue weighted by molar-refractivity contribution is 0.442. The number of guanidine groups is 1. The van der Waals surface area contributed by atoms with Gasteiger partial charge in [-0.2, -0.15) is 0 Å². The molecule has 0 saturated heterocycles. The van der Waals surface area contributed by atoms with E-state index in [-0.39, 0.29) is 29.7 Å². The van der Waals surface area contributed by atoms with Gasteiger partial charge in [-0.25, -0.2) is 12.7 Å². The first-order valence-electron chi connectivity index (χ1n) is 7.95. The number of aromatic nitrogens is 1. The van der Waals surface area contributed by atoms with Gasteiger partial charge in [-0.1, -0.05) is 25.4 Å². The quantitative estimate of drug-likeness (QED) is 0.333. The van der Waals surface area contributed by atoms with E-state index in [0.717, 1.165) is 5.69 Å². The molecule has 0 aliphatic carbocycles. The number of hydrogen-bond acceptors (Lipinski definition) is 3. The molecule has 7 nitrogen and oxygen atoms in total. The molecule has 0 amide bonds. The van der Waals surface area contributed by atoms with Gasteiger partial charge in [0.2, 0.25) is 10.0 Å². The largest absolute Gasteiger partial charge is 0.355 e. The van der Waals surface area contributed by atoms with E-state index in [1.54, 1.807) is 7.05 Å². The van der Waals surface area contributed by atoms with Crippen molar-refractivity contribution in [1.29, 1.82) is 0 Å². The molecule has 25 heavy (non-hydrogen) atoms. The summed E-state index contributed by atoms with van der Waals surface area (Å²) in [5.41, 5.74) is 1.04. The fourth-order valence-corrected chi connectivity index (χ4v) is 4.14. The second kappa shape index (κ2) is 11.2. The minimum atomic E-state index is -3.24. The smallest absolute Gasteiger partial charge is 0.215 e. The van der Waals surface area contributed by atoms with Crippen LogP contribution in [0, 0.1) is 0 Å². The topological polar surface area (TPSA) is 69.9 Å². The lowest BCUT2D eigenvalue weighted by Gasteiger charge is -2.23. The van der Waals surface area contributed by atoms with E-state index in [1.807, 2.05) is 49.7 Å². The Morgan fingerprint density at radius 3 is 2.40 bits per heavy atom. The molecular formula is C15H29ClIN5O2S. The van der Waals surface area contributed by atoms with Crippen molar-refractivity contribution in [2.24, 2.45) is 12.0 Å². The number of nitrogens with zero attached hydrogens (tertiary/aromatic N) is 4. The van der Waals surface area contributed by atoms with Crippen LogP contribution >= 0.6 is 35.6 Å².